The second kappa shape index (κ2) is 4.65. The summed E-state index contributed by atoms with van der Waals surface area (Å²) < 4.78 is 40.1. The van der Waals surface area contributed by atoms with Gasteiger partial charge in [-0.1, -0.05) is 18.2 Å². The van der Waals surface area contributed by atoms with Crippen molar-refractivity contribution in [3.8, 4) is 5.75 Å². The third kappa shape index (κ3) is 2.71. The van der Waals surface area contributed by atoms with Crippen LogP contribution in [0.25, 0.3) is 5.57 Å². The summed E-state index contributed by atoms with van der Waals surface area (Å²) >= 11 is 0. The Labute approximate surface area is 114 Å². The second-order valence-electron chi connectivity index (χ2n) is 5.34. The standard InChI is InChI=1S/C15H13F3O2/c16-15(17,18)20-14-3-1-9(2-4-14)10-5-11-7-13(19)8-12(11)6-10/h1-5,11-12H,6-8H2/t11-,12+/m0/s1. The third-order valence-electron chi connectivity index (χ3n) is 3.91. The van der Waals surface area contributed by atoms with Crippen LogP contribution in [-0.4, -0.2) is 12.1 Å². The molecule has 106 valence electrons. The monoisotopic (exact) mass is 282 g/mol. The Kier molecular flexibility index (Phi) is 3.07. The molecule has 0 unspecified atom stereocenters. The molecule has 0 bridgehead atoms. The van der Waals surface area contributed by atoms with Gasteiger partial charge >= 0.3 is 6.36 Å². The van der Waals surface area contributed by atoms with Crippen LogP contribution in [0.15, 0.2) is 30.3 Å². The number of ether oxygens (including phenoxy) is 1. The van der Waals surface area contributed by atoms with E-state index in [2.05, 4.69) is 10.8 Å². The van der Waals surface area contributed by atoms with E-state index in [1.165, 1.54) is 12.1 Å². The minimum absolute atomic E-state index is 0.213. The summed E-state index contributed by atoms with van der Waals surface area (Å²) in [5.41, 5.74) is 2.02. The summed E-state index contributed by atoms with van der Waals surface area (Å²) in [6, 6.07) is 5.91. The highest BCUT2D eigenvalue weighted by atomic mass is 19.4. The van der Waals surface area contributed by atoms with Gasteiger partial charge in [0.2, 0.25) is 0 Å². The lowest BCUT2D eigenvalue weighted by molar-refractivity contribution is -0.274. The van der Waals surface area contributed by atoms with Crippen LogP contribution in [-0.2, 0) is 4.79 Å². The zero-order chi connectivity index (χ0) is 14.3. The molecule has 0 N–H and O–H groups in total. The predicted molar refractivity (Wildman–Crippen MR) is 66.9 cm³/mol. The van der Waals surface area contributed by atoms with Crippen LogP contribution in [0.5, 0.6) is 5.75 Å². The van der Waals surface area contributed by atoms with Crippen LogP contribution >= 0.6 is 0 Å². The maximum Gasteiger partial charge on any atom is 0.573 e. The van der Waals surface area contributed by atoms with Crippen molar-refractivity contribution in [2.45, 2.75) is 25.6 Å². The molecule has 1 saturated carbocycles. The second-order valence-corrected chi connectivity index (χ2v) is 5.34. The number of benzene rings is 1. The molecular formula is C15H13F3O2. The zero-order valence-corrected chi connectivity index (χ0v) is 10.6. The van der Waals surface area contributed by atoms with Gasteiger partial charge in [-0.2, -0.15) is 0 Å². The number of carbonyl (C=O) groups is 1. The van der Waals surface area contributed by atoms with E-state index in [4.69, 9.17) is 0 Å². The quantitative estimate of drug-likeness (QED) is 0.820. The summed E-state index contributed by atoms with van der Waals surface area (Å²) in [5.74, 6) is 0.784. The molecule has 0 spiro atoms. The van der Waals surface area contributed by atoms with Crippen molar-refractivity contribution in [2.75, 3.05) is 0 Å². The first-order chi connectivity index (χ1) is 9.40. The Balaban J connectivity index is 1.73. The summed E-state index contributed by atoms with van der Waals surface area (Å²) in [4.78, 5) is 11.3. The van der Waals surface area contributed by atoms with Crippen LogP contribution in [0.1, 0.15) is 24.8 Å². The summed E-state index contributed by atoms with van der Waals surface area (Å²) in [6.45, 7) is 0. The fourth-order valence-electron chi connectivity index (χ4n) is 3.07. The number of hydrogen-bond acceptors (Lipinski definition) is 2. The normalized spacial score (nSPS) is 25.6. The van der Waals surface area contributed by atoms with Crippen LogP contribution in [0.4, 0.5) is 13.2 Å². The molecule has 0 radical (unpaired) electrons. The number of carbonyl (C=O) groups excluding carboxylic acids is 1. The molecule has 20 heavy (non-hydrogen) atoms. The SMILES string of the molecule is O=C1C[C@H]2CC(c3ccc(OC(F)(F)F)cc3)=C[C@H]2C1. The topological polar surface area (TPSA) is 26.3 Å². The molecule has 0 amide bonds. The zero-order valence-electron chi connectivity index (χ0n) is 10.6. The van der Waals surface area contributed by atoms with E-state index in [1.807, 2.05) is 0 Å². The van der Waals surface area contributed by atoms with E-state index in [-0.39, 0.29) is 5.75 Å². The molecule has 1 aromatic carbocycles. The van der Waals surface area contributed by atoms with Gasteiger partial charge in [-0.15, -0.1) is 13.2 Å². The van der Waals surface area contributed by atoms with Crippen molar-refractivity contribution in [3.63, 3.8) is 0 Å². The molecular weight excluding hydrogens is 269 g/mol. The molecule has 5 heteroatoms. The highest BCUT2D eigenvalue weighted by molar-refractivity contribution is 5.84. The van der Waals surface area contributed by atoms with Crippen LogP contribution in [0.2, 0.25) is 0 Å². The van der Waals surface area contributed by atoms with Gasteiger partial charge in [0.05, 0.1) is 0 Å². The average Bonchev–Trinajstić information content (AvgIpc) is 2.84. The van der Waals surface area contributed by atoms with Gasteiger partial charge in [-0.25, -0.2) is 0 Å². The van der Waals surface area contributed by atoms with Gasteiger partial charge < -0.3 is 4.74 Å². The van der Waals surface area contributed by atoms with E-state index in [0.717, 1.165) is 17.6 Å². The Morgan fingerprint density at radius 3 is 2.35 bits per heavy atom. The molecule has 1 aromatic rings. The lowest BCUT2D eigenvalue weighted by Crippen LogP contribution is -2.16. The van der Waals surface area contributed by atoms with Crippen LogP contribution in [0.3, 0.4) is 0 Å². The van der Waals surface area contributed by atoms with E-state index in [0.29, 0.717) is 30.5 Å². The Morgan fingerprint density at radius 2 is 1.75 bits per heavy atom. The molecule has 3 rings (SSSR count). The number of ketones is 1. The first kappa shape index (κ1) is 13.2. The van der Waals surface area contributed by atoms with E-state index in [1.54, 1.807) is 12.1 Å². The minimum atomic E-state index is -4.66. The molecule has 1 fully saturated rings. The number of hydrogen-bond donors (Lipinski definition) is 0. The minimum Gasteiger partial charge on any atom is -0.406 e. The number of allylic oxidation sites excluding steroid dienone is 2. The Bertz CT molecular complexity index is 557. The highest BCUT2D eigenvalue weighted by Gasteiger charge is 2.36. The molecule has 0 aliphatic heterocycles. The lowest BCUT2D eigenvalue weighted by atomic mass is 9.98. The van der Waals surface area contributed by atoms with Gasteiger partial charge in [0.25, 0.3) is 0 Å². The van der Waals surface area contributed by atoms with Crippen molar-refractivity contribution in [3.05, 3.63) is 35.9 Å². The van der Waals surface area contributed by atoms with Crippen LogP contribution in [0, 0.1) is 11.8 Å². The molecule has 2 aliphatic rings. The summed E-state index contributed by atoms with van der Waals surface area (Å²) in [7, 11) is 0. The average molecular weight is 282 g/mol. The van der Waals surface area contributed by atoms with Gasteiger partial charge in [-0.05, 0) is 41.5 Å². The summed E-state index contributed by atoms with van der Waals surface area (Å²) in [6.07, 6.45) is -0.514. The summed E-state index contributed by atoms with van der Waals surface area (Å²) in [5, 5.41) is 0. The Morgan fingerprint density at radius 1 is 1.05 bits per heavy atom. The smallest absolute Gasteiger partial charge is 0.406 e. The largest absolute Gasteiger partial charge is 0.573 e. The Hall–Kier alpha value is -1.78. The van der Waals surface area contributed by atoms with Gasteiger partial charge in [-0.3, -0.25) is 4.79 Å². The maximum atomic E-state index is 12.1. The molecule has 2 atom stereocenters. The molecule has 2 aliphatic carbocycles. The molecule has 0 saturated heterocycles. The fourth-order valence-corrected chi connectivity index (χ4v) is 3.07. The predicted octanol–water partition coefficient (Wildman–Crippen LogP) is 3.97. The number of halogens is 3. The third-order valence-corrected chi connectivity index (χ3v) is 3.91. The van der Waals surface area contributed by atoms with Crippen molar-refractivity contribution in [1.29, 1.82) is 0 Å². The molecule has 2 nitrogen and oxygen atoms in total. The first-order valence-corrected chi connectivity index (χ1v) is 6.49. The van der Waals surface area contributed by atoms with Crippen molar-refractivity contribution < 1.29 is 22.7 Å². The first-order valence-electron chi connectivity index (χ1n) is 6.49. The van der Waals surface area contributed by atoms with E-state index >= 15 is 0 Å². The fraction of sp³-hybridized carbons (Fsp3) is 0.400. The number of alkyl halides is 3. The molecule has 0 aromatic heterocycles. The van der Waals surface area contributed by atoms with Crippen LogP contribution < -0.4 is 4.74 Å². The number of rotatable bonds is 2. The molecule has 0 heterocycles. The maximum absolute atomic E-state index is 12.1. The van der Waals surface area contributed by atoms with E-state index < -0.39 is 6.36 Å². The van der Waals surface area contributed by atoms with Crippen molar-refractivity contribution in [1.82, 2.24) is 0 Å². The van der Waals surface area contributed by atoms with Gasteiger partial charge in [0.1, 0.15) is 11.5 Å². The van der Waals surface area contributed by atoms with E-state index in [9.17, 15) is 18.0 Å². The van der Waals surface area contributed by atoms with Crippen molar-refractivity contribution >= 4 is 11.4 Å². The number of fused-ring (bicyclic) bond motifs is 1. The van der Waals surface area contributed by atoms with Crippen molar-refractivity contribution in [2.24, 2.45) is 11.8 Å². The van der Waals surface area contributed by atoms with Gasteiger partial charge in [0.15, 0.2) is 0 Å². The lowest BCUT2D eigenvalue weighted by Gasteiger charge is -2.10. The van der Waals surface area contributed by atoms with Gasteiger partial charge in [0, 0.05) is 12.8 Å². The highest BCUT2D eigenvalue weighted by Crippen LogP contribution is 2.44. The number of Topliss-reactive ketones (excluding diaryl/α,β-unsaturated/α-hetero) is 1.